The van der Waals surface area contributed by atoms with E-state index >= 15 is 0 Å². The smallest absolute Gasteiger partial charge is 0.247 e. The monoisotopic (exact) mass is 557 g/mol. The normalized spacial score (nSPS) is 32.2. The summed E-state index contributed by atoms with van der Waals surface area (Å²) in [5.41, 5.74) is 1.54. The number of para-hydroxylation sites is 1. The maximum atomic E-state index is 14.8. The molecule has 40 heavy (non-hydrogen) atoms. The van der Waals surface area contributed by atoms with E-state index in [9.17, 15) is 19.5 Å². The molecule has 208 valence electrons. The summed E-state index contributed by atoms with van der Waals surface area (Å²) < 4.78 is -1.65. The maximum absolute atomic E-state index is 14.8. The Morgan fingerprint density at radius 1 is 0.875 bits per heavy atom. The number of hydrogen-bond acceptors (Lipinski definition) is 5. The van der Waals surface area contributed by atoms with E-state index in [0.29, 0.717) is 13.1 Å². The lowest BCUT2D eigenvalue weighted by Gasteiger charge is -2.40. The van der Waals surface area contributed by atoms with E-state index in [0.717, 1.165) is 11.3 Å². The Hall–Kier alpha value is -3.36. The van der Waals surface area contributed by atoms with Crippen molar-refractivity contribution in [2.24, 2.45) is 11.8 Å². The second-order valence-corrected chi connectivity index (χ2v) is 13.3. The third-order valence-corrected chi connectivity index (χ3v) is 10.7. The van der Waals surface area contributed by atoms with Crippen LogP contribution in [0.25, 0.3) is 0 Å². The first-order valence-electron chi connectivity index (χ1n) is 13.9. The third-order valence-electron chi connectivity index (χ3n) is 8.91. The number of anilines is 1. The molecule has 2 aromatic carbocycles. The summed E-state index contributed by atoms with van der Waals surface area (Å²) in [7, 11) is 0. The van der Waals surface area contributed by atoms with Crippen molar-refractivity contribution in [2.75, 3.05) is 24.6 Å². The highest BCUT2D eigenvalue weighted by Crippen LogP contribution is 2.66. The average Bonchev–Trinajstić information content (AvgIpc) is 3.21. The highest BCUT2D eigenvalue weighted by molar-refractivity contribution is 8.02. The molecule has 7 nitrogen and oxygen atoms in total. The third kappa shape index (κ3) is 3.87. The van der Waals surface area contributed by atoms with Gasteiger partial charge in [0.15, 0.2) is 0 Å². The first-order valence-corrected chi connectivity index (χ1v) is 14.8. The van der Waals surface area contributed by atoms with Crippen LogP contribution in [0.3, 0.4) is 0 Å². The van der Waals surface area contributed by atoms with E-state index in [4.69, 9.17) is 0 Å². The van der Waals surface area contributed by atoms with Crippen LogP contribution in [-0.4, -0.2) is 73.9 Å². The number of thioether (sulfide) groups is 1. The Bertz CT molecular complexity index is 1380. The minimum absolute atomic E-state index is 0.0739. The Morgan fingerprint density at radius 3 is 2.17 bits per heavy atom. The zero-order valence-electron chi connectivity index (χ0n) is 23.0. The van der Waals surface area contributed by atoms with Crippen molar-refractivity contribution in [1.82, 2.24) is 9.80 Å². The number of aliphatic hydroxyl groups is 1. The maximum Gasteiger partial charge on any atom is 0.247 e. The van der Waals surface area contributed by atoms with Crippen LogP contribution in [0.1, 0.15) is 32.4 Å². The van der Waals surface area contributed by atoms with Gasteiger partial charge in [0, 0.05) is 29.6 Å². The largest absolute Gasteiger partial charge is 0.394 e. The second-order valence-electron chi connectivity index (χ2n) is 11.5. The van der Waals surface area contributed by atoms with Crippen LogP contribution < -0.4 is 4.90 Å². The number of fused-ring (bicyclic) bond motifs is 2. The molecule has 3 amide bonds. The highest BCUT2D eigenvalue weighted by Gasteiger charge is 2.74. The first kappa shape index (κ1) is 26.8. The number of benzene rings is 2. The van der Waals surface area contributed by atoms with E-state index in [1.54, 1.807) is 26.5 Å². The predicted molar refractivity (Wildman–Crippen MR) is 157 cm³/mol. The molecule has 1 N–H and O–H groups in total. The van der Waals surface area contributed by atoms with Gasteiger partial charge in [0.2, 0.25) is 17.7 Å². The lowest BCUT2D eigenvalue weighted by molar-refractivity contribution is -0.146. The summed E-state index contributed by atoms with van der Waals surface area (Å²) >= 11 is 1.56. The van der Waals surface area contributed by atoms with Gasteiger partial charge in [-0.3, -0.25) is 14.4 Å². The Labute approximate surface area is 239 Å². The van der Waals surface area contributed by atoms with Crippen LogP contribution in [0, 0.1) is 11.8 Å². The molecule has 2 fully saturated rings. The van der Waals surface area contributed by atoms with Crippen LogP contribution in [0.4, 0.5) is 5.69 Å². The molecule has 1 spiro atoms. The van der Waals surface area contributed by atoms with Crippen LogP contribution >= 0.6 is 11.8 Å². The molecule has 4 aliphatic heterocycles. The van der Waals surface area contributed by atoms with E-state index in [2.05, 4.69) is 6.08 Å². The zero-order chi connectivity index (χ0) is 28.2. The molecule has 0 bridgehead atoms. The fourth-order valence-electron chi connectivity index (χ4n) is 7.15. The molecule has 0 radical (unpaired) electrons. The molecular formula is C32H35N3O4S. The van der Waals surface area contributed by atoms with Crippen molar-refractivity contribution in [3.8, 4) is 0 Å². The van der Waals surface area contributed by atoms with Crippen molar-refractivity contribution in [1.29, 1.82) is 0 Å². The number of carbonyl (C=O) groups excluding carboxylic acids is 3. The van der Waals surface area contributed by atoms with E-state index < -0.39 is 33.4 Å². The Kier molecular flexibility index (Phi) is 6.66. The molecule has 0 aliphatic carbocycles. The summed E-state index contributed by atoms with van der Waals surface area (Å²) in [5.74, 6) is -1.97. The van der Waals surface area contributed by atoms with Gasteiger partial charge in [0.05, 0.1) is 29.2 Å². The van der Waals surface area contributed by atoms with Gasteiger partial charge in [-0.05, 0) is 38.5 Å². The molecule has 6 atom stereocenters. The predicted octanol–water partition coefficient (Wildman–Crippen LogP) is 3.82. The average molecular weight is 558 g/mol. The molecular weight excluding hydrogens is 522 g/mol. The Morgan fingerprint density at radius 2 is 1.52 bits per heavy atom. The van der Waals surface area contributed by atoms with Crippen LogP contribution in [0.5, 0.6) is 0 Å². The number of hydrogen-bond donors (Lipinski definition) is 1. The molecule has 6 rings (SSSR count). The van der Waals surface area contributed by atoms with Gasteiger partial charge in [-0.2, -0.15) is 0 Å². The summed E-state index contributed by atoms with van der Waals surface area (Å²) in [4.78, 5) is 48.8. The molecule has 4 aliphatic rings. The number of nitrogens with zero attached hydrogens (tertiary/aromatic N) is 3. The highest BCUT2D eigenvalue weighted by atomic mass is 32.2. The number of amides is 3. The number of likely N-dealkylation sites (tertiary alicyclic amines) is 1. The van der Waals surface area contributed by atoms with Crippen LogP contribution in [0.15, 0.2) is 85.0 Å². The van der Waals surface area contributed by atoms with Gasteiger partial charge in [-0.1, -0.05) is 72.8 Å². The quantitative estimate of drug-likeness (QED) is 0.566. The molecule has 0 saturated carbocycles. The van der Waals surface area contributed by atoms with Gasteiger partial charge >= 0.3 is 0 Å². The van der Waals surface area contributed by atoms with Gasteiger partial charge < -0.3 is 19.8 Å². The standard InChI is InChI=1S/C32H35N3O4S/c1-21(2)33-18-11-17-32-26(29(38)35(27(32)30(33)39)24(20-36)22-12-6-4-7-13-22)25-28(37)34(23-14-8-5-9-15-23)19-10-16-31(25,3)40-32/h4-17,21,24-27,36H,18-20H2,1-3H3/t24-,25-,26+,27?,31+,32+/m1/s1. The summed E-state index contributed by atoms with van der Waals surface area (Å²) in [6, 6.07) is 17.3. The van der Waals surface area contributed by atoms with Gasteiger partial charge in [0.25, 0.3) is 0 Å². The van der Waals surface area contributed by atoms with Gasteiger partial charge in [-0.15, -0.1) is 11.8 Å². The summed E-state index contributed by atoms with van der Waals surface area (Å²) in [5, 5.41) is 10.7. The van der Waals surface area contributed by atoms with E-state index in [-0.39, 0.29) is 30.4 Å². The minimum Gasteiger partial charge on any atom is -0.394 e. The van der Waals surface area contributed by atoms with Crippen molar-refractivity contribution < 1.29 is 19.5 Å². The number of aliphatic hydroxyl groups excluding tert-OH is 1. The number of rotatable bonds is 5. The van der Waals surface area contributed by atoms with Crippen molar-refractivity contribution in [3.63, 3.8) is 0 Å². The van der Waals surface area contributed by atoms with Gasteiger partial charge in [-0.25, -0.2) is 0 Å². The van der Waals surface area contributed by atoms with Crippen LogP contribution in [0.2, 0.25) is 0 Å². The minimum atomic E-state index is -0.959. The van der Waals surface area contributed by atoms with Crippen LogP contribution in [-0.2, 0) is 14.4 Å². The topological polar surface area (TPSA) is 81.2 Å². The molecule has 2 saturated heterocycles. The molecule has 1 unspecified atom stereocenters. The zero-order valence-corrected chi connectivity index (χ0v) is 23.8. The van der Waals surface area contributed by atoms with E-state index in [1.807, 2.05) is 99.7 Å². The summed E-state index contributed by atoms with van der Waals surface area (Å²) in [6.45, 7) is 6.48. The van der Waals surface area contributed by atoms with Crippen molar-refractivity contribution in [3.05, 3.63) is 90.5 Å². The lowest BCUT2D eigenvalue weighted by Crippen LogP contribution is -2.55. The molecule has 4 heterocycles. The fourth-order valence-corrected chi connectivity index (χ4v) is 9.29. The van der Waals surface area contributed by atoms with Crippen molar-refractivity contribution >= 4 is 35.2 Å². The first-order chi connectivity index (χ1) is 19.2. The van der Waals surface area contributed by atoms with E-state index in [1.165, 1.54) is 0 Å². The van der Waals surface area contributed by atoms with Gasteiger partial charge in [0.1, 0.15) is 6.04 Å². The fraction of sp³-hybridized carbons (Fsp3) is 0.406. The molecule has 8 heteroatoms. The second kappa shape index (κ2) is 9.93. The lowest BCUT2D eigenvalue weighted by atomic mass is 9.74. The molecule has 0 aromatic heterocycles. The Balaban J connectivity index is 1.53. The van der Waals surface area contributed by atoms with Crippen molar-refractivity contribution in [2.45, 2.75) is 48.4 Å². The SMILES string of the molecule is CC(C)N1CC=C[C@]23S[C@@]4(C)C=CCN(c5ccccc5)C(=O)[C@H]4[C@H]2C(=O)N([C@H](CO)c2ccccc2)C3C1=O. The number of carbonyl (C=O) groups is 3. The molecule has 2 aromatic rings. The summed E-state index contributed by atoms with van der Waals surface area (Å²) in [6.07, 6.45) is 8.09.